The maximum absolute atomic E-state index is 11.9. The van der Waals surface area contributed by atoms with Crippen molar-refractivity contribution in [1.29, 1.82) is 0 Å². The zero-order valence-corrected chi connectivity index (χ0v) is 11.0. The number of hydrogen-bond donors (Lipinski definition) is 3. The minimum atomic E-state index is -0.564. The van der Waals surface area contributed by atoms with Gasteiger partial charge in [0, 0.05) is 18.0 Å². The number of hydrogen-bond acceptors (Lipinski definition) is 4. The maximum Gasteiger partial charge on any atom is 0.257 e. The molecular formula is C14H13N3O4. The van der Waals surface area contributed by atoms with E-state index >= 15 is 0 Å². The van der Waals surface area contributed by atoms with Gasteiger partial charge < -0.3 is 20.8 Å². The number of primary amides is 1. The summed E-state index contributed by atoms with van der Waals surface area (Å²) in [6, 6.07) is 9.16. The summed E-state index contributed by atoms with van der Waals surface area (Å²) in [5.74, 6) is -0.446. The lowest BCUT2D eigenvalue weighted by Gasteiger charge is -2.07. The molecule has 0 aliphatic rings. The molecule has 0 fully saturated rings. The van der Waals surface area contributed by atoms with Crippen LogP contribution in [-0.2, 0) is 4.79 Å². The summed E-state index contributed by atoms with van der Waals surface area (Å²) in [6.45, 7) is -0.205. The second-order valence-electron chi connectivity index (χ2n) is 4.18. The maximum atomic E-state index is 11.9. The Labute approximate surface area is 119 Å². The molecule has 108 valence electrons. The van der Waals surface area contributed by atoms with E-state index in [0.717, 1.165) is 0 Å². The van der Waals surface area contributed by atoms with Crippen LogP contribution in [0, 0.1) is 0 Å². The number of nitrogens with one attached hydrogen (secondary N) is 2. The Morgan fingerprint density at radius 3 is 2.43 bits per heavy atom. The van der Waals surface area contributed by atoms with E-state index < -0.39 is 5.91 Å². The molecule has 0 radical (unpaired) electrons. The third-order valence-electron chi connectivity index (χ3n) is 2.54. The van der Waals surface area contributed by atoms with E-state index in [2.05, 4.69) is 10.3 Å². The molecule has 2 amide bonds. The number of H-pyrrole nitrogens is 1. The normalized spacial score (nSPS) is 9.90. The zero-order chi connectivity index (χ0) is 15.2. The highest BCUT2D eigenvalue weighted by Crippen LogP contribution is 2.16. The smallest absolute Gasteiger partial charge is 0.257 e. The molecule has 0 spiro atoms. The second-order valence-corrected chi connectivity index (χ2v) is 4.18. The molecule has 7 heteroatoms. The molecule has 2 rings (SSSR count). The lowest BCUT2D eigenvalue weighted by molar-refractivity contribution is -0.119. The first-order valence-electron chi connectivity index (χ1n) is 6.06. The molecule has 0 unspecified atom stereocenters. The topological polar surface area (TPSA) is 114 Å². The summed E-state index contributed by atoms with van der Waals surface area (Å²) >= 11 is 0. The number of nitrogens with two attached hydrogens (primary N) is 1. The van der Waals surface area contributed by atoms with Gasteiger partial charge in [0.2, 0.25) is 5.56 Å². The molecule has 1 aromatic heterocycles. The van der Waals surface area contributed by atoms with Crippen LogP contribution < -0.4 is 21.3 Å². The Kier molecular flexibility index (Phi) is 4.35. The highest BCUT2D eigenvalue weighted by molar-refractivity contribution is 6.04. The summed E-state index contributed by atoms with van der Waals surface area (Å²) in [5.41, 5.74) is 5.58. The fourth-order valence-corrected chi connectivity index (χ4v) is 1.54. The zero-order valence-electron chi connectivity index (χ0n) is 11.0. The predicted octanol–water partition coefficient (Wildman–Crippen LogP) is 0.491. The Bertz CT molecular complexity index is 686. The molecule has 7 nitrogen and oxygen atoms in total. The quantitative estimate of drug-likeness (QED) is 0.742. The summed E-state index contributed by atoms with van der Waals surface area (Å²) in [4.78, 5) is 35.8. The standard InChI is InChI=1S/C14H13N3O4/c15-12(18)8-21-11-4-2-10(3-5-11)17-14(20)9-1-6-13(19)16-7-9/h1-7H,8H2,(H2,15,18)(H,16,19)(H,17,20). The van der Waals surface area contributed by atoms with Gasteiger partial charge >= 0.3 is 0 Å². The van der Waals surface area contributed by atoms with Crippen molar-refractivity contribution < 1.29 is 14.3 Å². The highest BCUT2D eigenvalue weighted by Gasteiger charge is 2.06. The van der Waals surface area contributed by atoms with Crippen LogP contribution in [0.1, 0.15) is 10.4 Å². The van der Waals surface area contributed by atoms with Crippen LogP contribution in [0.25, 0.3) is 0 Å². The second kappa shape index (κ2) is 6.38. The molecule has 2 aromatic rings. The van der Waals surface area contributed by atoms with Gasteiger partial charge in [-0.2, -0.15) is 0 Å². The number of aromatic nitrogens is 1. The minimum absolute atomic E-state index is 0.205. The number of ether oxygens (including phenoxy) is 1. The number of benzene rings is 1. The van der Waals surface area contributed by atoms with Crippen molar-refractivity contribution in [2.24, 2.45) is 5.73 Å². The molecule has 4 N–H and O–H groups in total. The van der Waals surface area contributed by atoms with Crippen molar-refractivity contribution in [3.05, 3.63) is 58.5 Å². The third kappa shape index (κ3) is 4.20. The van der Waals surface area contributed by atoms with Gasteiger partial charge in [-0.3, -0.25) is 14.4 Å². The van der Waals surface area contributed by atoms with Gasteiger partial charge in [0.15, 0.2) is 6.61 Å². The van der Waals surface area contributed by atoms with E-state index in [0.29, 0.717) is 17.0 Å². The molecule has 0 bridgehead atoms. The van der Waals surface area contributed by atoms with Gasteiger partial charge in [-0.1, -0.05) is 0 Å². The summed E-state index contributed by atoms with van der Waals surface area (Å²) in [6.07, 6.45) is 1.34. The van der Waals surface area contributed by atoms with Gasteiger partial charge in [0.25, 0.3) is 11.8 Å². The number of amides is 2. The number of pyridine rings is 1. The number of aromatic amines is 1. The first kappa shape index (κ1) is 14.3. The average molecular weight is 287 g/mol. The largest absolute Gasteiger partial charge is 0.484 e. The number of rotatable bonds is 5. The number of anilines is 1. The van der Waals surface area contributed by atoms with Crippen molar-refractivity contribution in [1.82, 2.24) is 4.98 Å². The fourth-order valence-electron chi connectivity index (χ4n) is 1.54. The van der Waals surface area contributed by atoms with Gasteiger partial charge in [-0.25, -0.2) is 0 Å². The van der Waals surface area contributed by atoms with E-state index in [9.17, 15) is 14.4 Å². The van der Waals surface area contributed by atoms with Gasteiger partial charge in [-0.05, 0) is 30.3 Å². The van der Waals surface area contributed by atoms with Crippen molar-refractivity contribution in [2.75, 3.05) is 11.9 Å². The highest BCUT2D eigenvalue weighted by atomic mass is 16.5. The van der Waals surface area contributed by atoms with Crippen LogP contribution in [0.15, 0.2) is 47.4 Å². The van der Waals surface area contributed by atoms with Gasteiger partial charge in [-0.15, -0.1) is 0 Å². The Balaban J connectivity index is 1.99. The average Bonchev–Trinajstić information content (AvgIpc) is 2.47. The fraction of sp³-hybridized carbons (Fsp3) is 0.0714. The minimum Gasteiger partial charge on any atom is -0.484 e. The van der Waals surface area contributed by atoms with Crippen LogP contribution in [0.2, 0.25) is 0 Å². The summed E-state index contributed by atoms with van der Waals surface area (Å²) < 4.78 is 5.10. The third-order valence-corrected chi connectivity index (χ3v) is 2.54. The van der Waals surface area contributed by atoms with Gasteiger partial charge in [0.05, 0.1) is 5.56 Å². The number of carbonyl (C=O) groups is 2. The molecule has 0 aliphatic carbocycles. The Morgan fingerprint density at radius 1 is 1.14 bits per heavy atom. The molecular weight excluding hydrogens is 274 g/mol. The van der Waals surface area contributed by atoms with E-state index in [4.69, 9.17) is 10.5 Å². The SMILES string of the molecule is NC(=O)COc1ccc(NC(=O)c2ccc(=O)[nH]c2)cc1. The van der Waals surface area contributed by atoms with Crippen LogP contribution >= 0.6 is 0 Å². The summed E-state index contributed by atoms with van der Waals surface area (Å²) in [5, 5.41) is 2.66. The number of carbonyl (C=O) groups excluding carboxylic acids is 2. The van der Waals surface area contributed by atoms with E-state index in [-0.39, 0.29) is 18.1 Å². The molecule has 21 heavy (non-hydrogen) atoms. The molecule has 0 aliphatic heterocycles. The van der Waals surface area contributed by atoms with Gasteiger partial charge in [0.1, 0.15) is 5.75 Å². The molecule has 1 heterocycles. The predicted molar refractivity (Wildman–Crippen MR) is 76.1 cm³/mol. The molecule has 0 saturated heterocycles. The van der Waals surface area contributed by atoms with Crippen molar-refractivity contribution >= 4 is 17.5 Å². The first-order valence-corrected chi connectivity index (χ1v) is 6.06. The van der Waals surface area contributed by atoms with E-state index in [1.54, 1.807) is 24.3 Å². The first-order chi connectivity index (χ1) is 10.0. The van der Waals surface area contributed by atoms with Crippen molar-refractivity contribution in [2.45, 2.75) is 0 Å². The van der Waals surface area contributed by atoms with Crippen LogP contribution in [0.5, 0.6) is 5.75 Å². The van der Waals surface area contributed by atoms with Crippen LogP contribution in [-0.4, -0.2) is 23.4 Å². The molecule has 0 atom stereocenters. The Morgan fingerprint density at radius 2 is 1.86 bits per heavy atom. The molecule has 1 aromatic carbocycles. The van der Waals surface area contributed by atoms with Crippen molar-refractivity contribution in [3.63, 3.8) is 0 Å². The molecule has 0 saturated carbocycles. The lowest BCUT2D eigenvalue weighted by Crippen LogP contribution is -2.20. The monoisotopic (exact) mass is 287 g/mol. The van der Waals surface area contributed by atoms with Crippen LogP contribution in [0.4, 0.5) is 5.69 Å². The lowest BCUT2D eigenvalue weighted by atomic mass is 10.2. The summed E-state index contributed by atoms with van der Waals surface area (Å²) in [7, 11) is 0. The van der Waals surface area contributed by atoms with E-state index in [1.807, 2.05) is 0 Å². The Hall–Kier alpha value is -3.09. The van der Waals surface area contributed by atoms with Crippen molar-refractivity contribution in [3.8, 4) is 5.75 Å². The van der Waals surface area contributed by atoms with Crippen LogP contribution in [0.3, 0.4) is 0 Å². The van der Waals surface area contributed by atoms with E-state index in [1.165, 1.54) is 18.3 Å².